The van der Waals surface area contributed by atoms with Crippen LogP contribution < -0.4 is 10.2 Å². The van der Waals surface area contributed by atoms with Crippen LogP contribution in [0.1, 0.15) is 0 Å². The molecule has 126 valence electrons. The molecule has 2 saturated heterocycles. The number of nitrogens with zero attached hydrogens (tertiary/aromatic N) is 2. The number of benzene rings is 1. The van der Waals surface area contributed by atoms with Crippen molar-refractivity contribution >= 4 is 46.4 Å². The summed E-state index contributed by atoms with van der Waals surface area (Å²) in [5.41, 5.74) is 0.232. The summed E-state index contributed by atoms with van der Waals surface area (Å²) in [4.78, 5) is 27.8. The number of anilines is 1. The highest BCUT2D eigenvalue weighted by Gasteiger charge is 2.35. The summed E-state index contributed by atoms with van der Waals surface area (Å²) in [6.45, 7) is 2.21. The lowest BCUT2D eigenvalue weighted by Crippen LogP contribution is -2.54. The highest BCUT2D eigenvalue weighted by molar-refractivity contribution is 7.80. The molecule has 0 radical (unpaired) electrons. The van der Waals surface area contributed by atoms with Crippen molar-refractivity contribution in [1.29, 1.82) is 0 Å². The number of nitrogens with one attached hydrogen (secondary N) is 1. The van der Waals surface area contributed by atoms with Gasteiger partial charge in [-0.1, -0.05) is 11.6 Å². The fourth-order valence-electron chi connectivity index (χ4n) is 2.39. The second-order valence-corrected chi connectivity index (χ2v) is 5.98. The van der Waals surface area contributed by atoms with Gasteiger partial charge >= 0.3 is 0 Å². The van der Waals surface area contributed by atoms with Crippen LogP contribution in [-0.4, -0.2) is 48.1 Å². The summed E-state index contributed by atoms with van der Waals surface area (Å²) in [6, 6.07) is 3.79. The van der Waals surface area contributed by atoms with Crippen molar-refractivity contribution in [2.45, 2.75) is 0 Å². The van der Waals surface area contributed by atoms with Crippen molar-refractivity contribution < 1.29 is 18.7 Å². The van der Waals surface area contributed by atoms with Gasteiger partial charge in [-0.05, 0) is 30.4 Å². The first kappa shape index (κ1) is 16.8. The van der Waals surface area contributed by atoms with Crippen molar-refractivity contribution in [2.24, 2.45) is 0 Å². The minimum Gasteiger partial charge on any atom is -0.378 e. The van der Waals surface area contributed by atoms with Gasteiger partial charge in [-0.25, -0.2) is 4.39 Å². The van der Waals surface area contributed by atoms with E-state index in [2.05, 4.69) is 5.32 Å². The molecule has 0 aliphatic carbocycles. The third kappa shape index (κ3) is 3.26. The molecule has 0 unspecified atom stereocenters. The van der Waals surface area contributed by atoms with Gasteiger partial charge < -0.3 is 9.64 Å². The number of thiocarbonyl (C=S) groups is 1. The van der Waals surface area contributed by atoms with Crippen molar-refractivity contribution in [3.05, 3.63) is 40.8 Å². The lowest BCUT2D eigenvalue weighted by atomic mass is 10.1. The summed E-state index contributed by atoms with van der Waals surface area (Å²) in [7, 11) is 0. The second kappa shape index (κ2) is 6.84. The molecule has 0 spiro atoms. The molecule has 6 nitrogen and oxygen atoms in total. The summed E-state index contributed by atoms with van der Waals surface area (Å²) >= 11 is 10.8. The molecule has 0 saturated carbocycles. The van der Waals surface area contributed by atoms with E-state index < -0.39 is 17.6 Å². The van der Waals surface area contributed by atoms with E-state index in [1.807, 2.05) is 4.90 Å². The zero-order chi connectivity index (χ0) is 17.3. The van der Waals surface area contributed by atoms with Gasteiger partial charge in [0.15, 0.2) is 5.11 Å². The summed E-state index contributed by atoms with van der Waals surface area (Å²) in [5, 5.41) is 2.25. The van der Waals surface area contributed by atoms with Gasteiger partial charge in [-0.2, -0.15) is 0 Å². The quantitative estimate of drug-likeness (QED) is 0.485. The zero-order valence-electron chi connectivity index (χ0n) is 12.4. The molecule has 2 aliphatic heterocycles. The van der Waals surface area contributed by atoms with Crippen molar-refractivity contribution in [2.75, 3.05) is 31.2 Å². The van der Waals surface area contributed by atoms with Crippen LogP contribution in [0.4, 0.5) is 10.1 Å². The maximum atomic E-state index is 13.3. The van der Waals surface area contributed by atoms with Crippen LogP contribution in [0.3, 0.4) is 0 Å². The number of hydrogen-bond acceptors (Lipinski definition) is 5. The molecular weight excluding hydrogens is 357 g/mol. The van der Waals surface area contributed by atoms with Crippen LogP contribution in [0.5, 0.6) is 0 Å². The van der Waals surface area contributed by atoms with Crippen LogP contribution in [0.15, 0.2) is 30.0 Å². The second-order valence-electron chi connectivity index (χ2n) is 5.19. The first-order chi connectivity index (χ1) is 11.5. The Morgan fingerprint density at radius 1 is 1.29 bits per heavy atom. The van der Waals surface area contributed by atoms with Crippen LogP contribution in [0.2, 0.25) is 5.02 Å². The Labute approximate surface area is 147 Å². The molecule has 3 rings (SSSR count). The average molecular weight is 370 g/mol. The van der Waals surface area contributed by atoms with E-state index in [1.165, 1.54) is 18.3 Å². The SMILES string of the molecule is O=C1NC(=S)N(c2ccc(F)c(Cl)c2)C(=O)/C1=C\N1CCOCC1. The smallest absolute Gasteiger partial charge is 0.271 e. The minimum atomic E-state index is -0.607. The predicted molar refractivity (Wildman–Crippen MR) is 90.1 cm³/mol. The number of carbonyl (C=O) groups is 2. The van der Waals surface area contributed by atoms with E-state index in [0.717, 1.165) is 11.0 Å². The van der Waals surface area contributed by atoms with Gasteiger partial charge in [0.05, 0.1) is 23.9 Å². The van der Waals surface area contributed by atoms with E-state index in [1.54, 1.807) is 0 Å². The Bertz CT molecular complexity index is 749. The zero-order valence-corrected chi connectivity index (χ0v) is 14.0. The van der Waals surface area contributed by atoms with Crippen molar-refractivity contribution in [3.63, 3.8) is 0 Å². The fourth-order valence-corrected chi connectivity index (χ4v) is 2.85. The number of ether oxygens (including phenoxy) is 1. The number of morpholine rings is 1. The predicted octanol–water partition coefficient (Wildman–Crippen LogP) is 1.44. The Morgan fingerprint density at radius 3 is 2.67 bits per heavy atom. The molecule has 0 aromatic heterocycles. The molecule has 2 fully saturated rings. The maximum absolute atomic E-state index is 13.3. The number of amides is 2. The van der Waals surface area contributed by atoms with Gasteiger partial charge in [0.25, 0.3) is 11.8 Å². The largest absolute Gasteiger partial charge is 0.378 e. The van der Waals surface area contributed by atoms with Gasteiger partial charge in [0.2, 0.25) is 0 Å². The Balaban J connectivity index is 1.93. The van der Waals surface area contributed by atoms with E-state index in [-0.39, 0.29) is 21.4 Å². The number of carbonyl (C=O) groups excluding carboxylic acids is 2. The third-order valence-corrected chi connectivity index (χ3v) is 4.19. The van der Waals surface area contributed by atoms with Crippen LogP contribution >= 0.6 is 23.8 Å². The Hall–Kier alpha value is -2.03. The monoisotopic (exact) mass is 369 g/mol. The van der Waals surface area contributed by atoms with Gasteiger partial charge in [0, 0.05) is 19.3 Å². The van der Waals surface area contributed by atoms with Gasteiger partial charge in [0.1, 0.15) is 11.4 Å². The topological polar surface area (TPSA) is 61.9 Å². The highest BCUT2D eigenvalue weighted by Crippen LogP contribution is 2.26. The molecule has 2 amide bonds. The van der Waals surface area contributed by atoms with Gasteiger partial charge in [-0.3, -0.25) is 19.8 Å². The van der Waals surface area contributed by atoms with E-state index in [9.17, 15) is 14.0 Å². The highest BCUT2D eigenvalue weighted by atomic mass is 35.5. The first-order valence-corrected chi connectivity index (χ1v) is 7.94. The number of halogens is 2. The standard InChI is InChI=1S/C15H13ClFN3O3S/c16-11-7-9(1-2-12(11)17)20-14(22)10(13(21)18-15(20)24)8-19-3-5-23-6-4-19/h1-2,7-8H,3-6H2,(H,18,21,24)/b10-8-. The number of hydrogen-bond donors (Lipinski definition) is 1. The average Bonchev–Trinajstić information content (AvgIpc) is 2.55. The van der Waals surface area contributed by atoms with Crippen LogP contribution in [0.25, 0.3) is 0 Å². The third-order valence-electron chi connectivity index (χ3n) is 3.62. The molecule has 24 heavy (non-hydrogen) atoms. The van der Waals surface area contributed by atoms with Gasteiger partial charge in [-0.15, -0.1) is 0 Å². The van der Waals surface area contributed by atoms with Crippen LogP contribution in [0, 0.1) is 5.82 Å². The van der Waals surface area contributed by atoms with Crippen molar-refractivity contribution in [1.82, 2.24) is 10.2 Å². The van der Waals surface area contributed by atoms with E-state index in [0.29, 0.717) is 26.3 Å². The lowest BCUT2D eigenvalue weighted by molar-refractivity contribution is -0.122. The van der Waals surface area contributed by atoms with Crippen molar-refractivity contribution in [3.8, 4) is 0 Å². The molecule has 2 aliphatic rings. The molecule has 1 aromatic carbocycles. The first-order valence-electron chi connectivity index (χ1n) is 7.16. The maximum Gasteiger partial charge on any atom is 0.271 e. The summed E-state index contributed by atoms with van der Waals surface area (Å²) in [5.74, 6) is -1.76. The van der Waals surface area contributed by atoms with Crippen LogP contribution in [-0.2, 0) is 14.3 Å². The molecule has 1 N–H and O–H groups in total. The van der Waals surface area contributed by atoms with E-state index >= 15 is 0 Å². The van der Waals surface area contributed by atoms with E-state index in [4.69, 9.17) is 28.6 Å². The Kier molecular flexibility index (Phi) is 4.79. The molecule has 9 heteroatoms. The lowest BCUT2D eigenvalue weighted by Gasteiger charge is -2.31. The Morgan fingerprint density at radius 2 is 2.00 bits per heavy atom. The summed E-state index contributed by atoms with van der Waals surface area (Å²) in [6.07, 6.45) is 1.50. The number of rotatable bonds is 2. The molecule has 0 bridgehead atoms. The summed E-state index contributed by atoms with van der Waals surface area (Å²) < 4.78 is 18.6. The minimum absolute atomic E-state index is 0.0500. The molecule has 1 aromatic rings. The molecule has 2 heterocycles. The fraction of sp³-hybridized carbons (Fsp3) is 0.267. The molecule has 0 atom stereocenters. The normalized spacial score (nSPS) is 20.6. The molecular formula is C15H13ClFN3O3S.